The maximum Gasteiger partial charge on any atom is 0.127 e. The van der Waals surface area contributed by atoms with Crippen molar-refractivity contribution in [2.24, 2.45) is 0 Å². The summed E-state index contributed by atoms with van der Waals surface area (Å²) in [6.45, 7) is 31.8. The van der Waals surface area contributed by atoms with Crippen LogP contribution in [0.25, 0.3) is 22.3 Å². The molecular formula is C54H76O2S2. The first kappa shape index (κ1) is 46.2. The minimum absolute atomic E-state index is 0.0497. The summed E-state index contributed by atoms with van der Waals surface area (Å²) in [5, 5.41) is 25.2. The fourth-order valence-corrected chi connectivity index (χ4v) is 11.2. The van der Waals surface area contributed by atoms with E-state index >= 15 is 0 Å². The first-order chi connectivity index (χ1) is 27.1. The second-order valence-electron chi connectivity index (χ2n) is 20.6. The van der Waals surface area contributed by atoms with Crippen LogP contribution in [0.5, 0.6) is 11.5 Å². The quantitative estimate of drug-likeness (QED) is 0.149. The largest absolute Gasteiger partial charge is 0.507 e. The Kier molecular flexibility index (Phi) is 15.4. The van der Waals surface area contributed by atoms with E-state index in [9.17, 15) is 10.2 Å². The van der Waals surface area contributed by atoms with Gasteiger partial charge in [-0.15, -0.1) is 0 Å². The van der Waals surface area contributed by atoms with Crippen LogP contribution >= 0.6 is 23.5 Å². The minimum Gasteiger partial charge on any atom is -0.507 e. The van der Waals surface area contributed by atoms with Gasteiger partial charge in [0.05, 0.1) is 0 Å². The highest BCUT2D eigenvalue weighted by Crippen LogP contribution is 2.45. The van der Waals surface area contributed by atoms with Crippen LogP contribution in [0.15, 0.2) is 60.7 Å². The zero-order valence-corrected chi connectivity index (χ0v) is 40.2. The molecule has 1 aliphatic carbocycles. The highest BCUT2D eigenvalue weighted by molar-refractivity contribution is 8.03. The fourth-order valence-electron chi connectivity index (χ4n) is 8.10. The fraction of sp³-hybridized carbons (Fsp3) is 0.556. The summed E-state index contributed by atoms with van der Waals surface area (Å²) in [4.78, 5) is 0. The van der Waals surface area contributed by atoms with E-state index in [2.05, 4.69) is 158 Å². The van der Waals surface area contributed by atoms with Crippen molar-refractivity contribution in [2.45, 2.75) is 192 Å². The molecule has 0 aliphatic heterocycles. The molecule has 1 aliphatic rings. The van der Waals surface area contributed by atoms with Gasteiger partial charge in [-0.2, -0.15) is 23.5 Å². The number of benzene rings is 4. The molecule has 0 aromatic heterocycles. The summed E-state index contributed by atoms with van der Waals surface area (Å²) in [5.74, 6) is 4.07. The molecule has 4 aromatic carbocycles. The molecule has 1 unspecified atom stereocenters. The lowest BCUT2D eigenvalue weighted by molar-refractivity contribution is 0.470. The summed E-state index contributed by atoms with van der Waals surface area (Å²) < 4.78 is 0. The third-order valence-electron chi connectivity index (χ3n) is 12.4. The van der Waals surface area contributed by atoms with Gasteiger partial charge in [0, 0.05) is 44.3 Å². The van der Waals surface area contributed by atoms with Crippen LogP contribution in [0.4, 0.5) is 0 Å². The van der Waals surface area contributed by atoms with Gasteiger partial charge in [0.15, 0.2) is 0 Å². The van der Waals surface area contributed by atoms with Crippen LogP contribution in [0, 0.1) is 0 Å². The third kappa shape index (κ3) is 11.5. The van der Waals surface area contributed by atoms with E-state index in [1.54, 1.807) is 0 Å². The Labute approximate surface area is 362 Å². The van der Waals surface area contributed by atoms with Crippen molar-refractivity contribution in [3.63, 3.8) is 0 Å². The molecule has 4 aromatic rings. The summed E-state index contributed by atoms with van der Waals surface area (Å²) in [5.41, 5.74) is 14.0. The number of phenolic OH excluding ortho intramolecular Hbond substituents is 2. The van der Waals surface area contributed by atoms with E-state index in [-0.39, 0.29) is 10.8 Å². The molecule has 1 saturated carbocycles. The van der Waals surface area contributed by atoms with Crippen molar-refractivity contribution in [2.75, 3.05) is 0 Å². The zero-order valence-electron chi connectivity index (χ0n) is 38.6. The SMILES string of the molecule is CC(C)c1cc(-c2cc(C(C)(C)C)cc(CSC3CCCCCC[C@@H]3SCc3cc(C(C)(C)C)cc(-c4cc(C(C)C)cc(C(C)C)c4)c3O)c2O)cc(C(C)C)c1. The molecule has 2 N–H and O–H groups in total. The average molecular weight is 821 g/mol. The minimum atomic E-state index is -0.0497. The second kappa shape index (κ2) is 19.3. The number of rotatable bonds is 12. The molecule has 0 amide bonds. The first-order valence-electron chi connectivity index (χ1n) is 22.4. The van der Waals surface area contributed by atoms with Crippen LogP contribution in [-0.4, -0.2) is 20.7 Å². The van der Waals surface area contributed by atoms with Gasteiger partial charge >= 0.3 is 0 Å². The monoisotopic (exact) mass is 821 g/mol. The van der Waals surface area contributed by atoms with Gasteiger partial charge in [-0.25, -0.2) is 0 Å². The molecule has 5 rings (SSSR count). The number of hydrogen-bond acceptors (Lipinski definition) is 4. The number of hydrogen-bond donors (Lipinski definition) is 2. The zero-order chi connectivity index (χ0) is 42.7. The molecule has 0 heterocycles. The summed E-state index contributed by atoms with van der Waals surface area (Å²) in [6.07, 6.45) is 7.43. The highest BCUT2D eigenvalue weighted by atomic mass is 32.2. The Morgan fingerprint density at radius 3 is 1.05 bits per heavy atom. The van der Waals surface area contributed by atoms with Crippen LogP contribution in [-0.2, 0) is 22.3 Å². The van der Waals surface area contributed by atoms with E-state index in [1.165, 1.54) is 71.9 Å². The van der Waals surface area contributed by atoms with Crippen LogP contribution < -0.4 is 0 Å². The van der Waals surface area contributed by atoms with E-state index in [1.807, 2.05) is 23.5 Å². The van der Waals surface area contributed by atoms with Crippen molar-refractivity contribution >= 4 is 23.5 Å². The van der Waals surface area contributed by atoms with Gasteiger partial charge in [-0.05, 0) is 104 Å². The van der Waals surface area contributed by atoms with E-state index in [4.69, 9.17) is 0 Å². The molecule has 1 fully saturated rings. The highest BCUT2D eigenvalue weighted by Gasteiger charge is 2.28. The Morgan fingerprint density at radius 2 is 0.776 bits per heavy atom. The smallest absolute Gasteiger partial charge is 0.127 e. The molecule has 0 bridgehead atoms. The third-order valence-corrected chi connectivity index (χ3v) is 15.5. The van der Waals surface area contributed by atoms with Gasteiger partial charge in [0.2, 0.25) is 0 Å². The van der Waals surface area contributed by atoms with E-state index < -0.39 is 0 Å². The van der Waals surface area contributed by atoms with Gasteiger partial charge < -0.3 is 10.2 Å². The predicted octanol–water partition coefficient (Wildman–Crippen LogP) is 16.8. The molecule has 0 saturated heterocycles. The summed E-state index contributed by atoms with van der Waals surface area (Å²) in [6, 6.07) is 23.0. The predicted molar refractivity (Wildman–Crippen MR) is 259 cm³/mol. The summed E-state index contributed by atoms with van der Waals surface area (Å²) in [7, 11) is 0. The molecule has 2 atom stereocenters. The summed E-state index contributed by atoms with van der Waals surface area (Å²) >= 11 is 4.09. The standard InChI is InChI=1S/C54H76O2S2/c1-33(2)37-21-38(34(3)4)24-41(23-37)47-29-45(53(9,10)11)27-43(51(47)55)31-57-49-19-17-15-16-18-20-50(49)58-32-44-28-46(54(12,13)14)30-48(52(44)56)42-25-39(35(5)6)22-40(26-42)36(7)8/h21-30,33-36,49-50,55-56H,15-20,31-32H2,1-14H3/t49-,50?/m0/s1. The lowest BCUT2D eigenvalue weighted by Gasteiger charge is -2.30. The molecule has 316 valence electrons. The van der Waals surface area contributed by atoms with E-state index in [0.29, 0.717) is 45.7 Å². The Balaban J connectivity index is 1.48. The topological polar surface area (TPSA) is 40.5 Å². The number of thioether (sulfide) groups is 2. The van der Waals surface area contributed by atoms with Gasteiger partial charge in [-0.1, -0.05) is 171 Å². The maximum atomic E-state index is 12.1. The molecular weight excluding hydrogens is 745 g/mol. The number of aromatic hydroxyl groups is 2. The van der Waals surface area contributed by atoms with Crippen LogP contribution in [0.1, 0.15) is 204 Å². The Bertz CT molecular complexity index is 1810. The Hall–Kier alpha value is -2.82. The first-order valence-corrected chi connectivity index (χ1v) is 24.5. The van der Waals surface area contributed by atoms with Gasteiger partial charge in [-0.3, -0.25) is 0 Å². The van der Waals surface area contributed by atoms with Crippen LogP contribution in [0.3, 0.4) is 0 Å². The molecule has 2 nitrogen and oxygen atoms in total. The van der Waals surface area contributed by atoms with Crippen molar-refractivity contribution in [3.8, 4) is 33.8 Å². The van der Waals surface area contributed by atoms with Gasteiger partial charge in [0.1, 0.15) is 11.5 Å². The molecule has 4 heteroatoms. The molecule has 58 heavy (non-hydrogen) atoms. The maximum absolute atomic E-state index is 12.1. The molecule has 0 radical (unpaired) electrons. The molecule has 0 spiro atoms. The second-order valence-corrected chi connectivity index (χ2v) is 23.1. The average Bonchev–Trinajstić information content (AvgIpc) is 3.13. The van der Waals surface area contributed by atoms with E-state index in [0.717, 1.165) is 44.9 Å². The lowest BCUT2D eigenvalue weighted by atomic mass is 9.83. The van der Waals surface area contributed by atoms with Crippen molar-refractivity contribution in [1.82, 2.24) is 0 Å². The number of phenols is 2. The Morgan fingerprint density at radius 1 is 0.466 bits per heavy atom. The van der Waals surface area contributed by atoms with Crippen LogP contribution in [0.2, 0.25) is 0 Å². The van der Waals surface area contributed by atoms with Crippen molar-refractivity contribution < 1.29 is 10.2 Å². The van der Waals surface area contributed by atoms with Crippen molar-refractivity contribution in [1.29, 1.82) is 0 Å². The lowest BCUT2D eigenvalue weighted by Crippen LogP contribution is -2.22. The van der Waals surface area contributed by atoms with Crippen molar-refractivity contribution in [3.05, 3.63) is 105 Å². The normalized spacial score (nSPS) is 17.1. The van der Waals surface area contributed by atoms with Gasteiger partial charge in [0.25, 0.3) is 0 Å².